The van der Waals surface area contributed by atoms with Crippen LogP contribution in [0.5, 0.6) is 5.75 Å². The Balaban J connectivity index is 0.00000225. The molecular weight excluding hydrogens is 340 g/mol. The lowest BCUT2D eigenvalue weighted by atomic mass is 10.1. The van der Waals surface area contributed by atoms with Crippen molar-refractivity contribution in [1.82, 2.24) is 0 Å². The zero-order valence-electron chi connectivity index (χ0n) is 14.2. The molecule has 0 aliphatic carbocycles. The number of fused-ring (bicyclic) bond motifs is 1. The molecule has 3 aromatic rings. The number of hydrogen-bond acceptors (Lipinski definition) is 4. The van der Waals surface area contributed by atoms with Crippen LogP contribution in [0.25, 0.3) is 10.9 Å². The molecule has 0 atom stereocenters. The Bertz CT molecular complexity index is 895. The summed E-state index contributed by atoms with van der Waals surface area (Å²) in [5, 5.41) is 4.42. The molecule has 25 heavy (non-hydrogen) atoms. The molecule has 0 amide bonds. The van der Waals surface area contributed by atoms with Gasteiger partial charge in [0.15, 0.2) is 5.69 Å². The minimum Gasteiger partial charge on any atom is -1.00 e. The van der Waals surface area contributed by atoms with Gasteiger partial charge in [0.1, 0.15) is 5.75 Å². The molecule has 0 fully saturated rings. The van der Waals surface area contributed by atoms with Crippen molar-refractivity contribution >= 4 is 28.2 Å². The summed E-state index contributed by atoms with van der Waals surface area (Å²) in [6.07, 6.45) is 0. The third kappa shape index (κ3) is 4.00. The van der Waals surface area contributed by atoms with Crippen LogP contribution in [0.1, 0.15) is 16.1 Å². The number of aryl methyl sites for hydroxylation is 1. The molecule has 1 aromatic heterocycles. The van der Waals surface area contributed by atoms with Gasteiger partial charge in [-0.25, -0.2) is 9.78 Å². The Hall–Kier alpha value is -2.79. The molecule has 0 radical (unpaired) electrons. The van der Waals surface area contributed by atoms with Crippen LogP contribution in [0.2, 0.25) is 0 Å². The van der Waals surface area contributed by atoms with E-state index in [1.807, 2.05) is 43.3 Å². The minimum absolute atomic E-state index is 0. The molecule has 3 rings (SSSR count). The molecule has 0 bridgehead atoms. The predicted octanol–water partition coefficient (Wildman–Crippen LogP) is 0.505. The average molecular weight is 359 g/mol. The van der Waals surface area contributed by atoms with Gasteiger partial charge in [0.2, 0.25) is 5.52 Å². The number of nitrogens with one attached hydrogen (secondary N) is 2. The van der Waals surface area contributed by atoms with Crippen LogP contribution in [-0.4, -0.2) is 20.2 Å². The van der Waals surface area contributed by atoms with Crippen LogP contribution in [0.3, 0.4) is 0 Å². The molecule has 2 N–H and O–H groups in total. The number of methoxy groups -OCH3 is 2. The van der Waals surface area contributed by atoms with Gasteiger partial charge in [0.25, 0.3) is 0 Å². The third-order valence-corrected chi connectivity index (χ3v) is 3.79. The van der Waals surface area contributed by atoms with Crippen LogP contribution >= 0.6 is 0 Å². The monoisotopic (exact) mass is 358 g/mol. The van der Waals surface area contributed by atoms with Crippen molar-refractivity contribution in [3.63, 3.8) is 0 Å². The van der Waals surface area contributed by atoms with E-state index in [4.69, 9.17) is 9.47 Å². The maximum atomic E-state index is 11.5. The van der Waals surface area contributed by atoms with E-state index in [-0.39, 0.29) is 18.4 Å². The topological polar surface area (TPSA) is 61.7 Å². The lowest BCUT2D eigenvalue weighted by Gasteiger charge is -2.10. The fourth-order valence-electron chi connectivity index (χ4n) is 2.59. The number of aromatic amines is 1. The Morgan fingerprint density at radius 3 is 2.40 bits per heavy atom. The molecule has 6 heteroatoms. The second kappa shape index (κ2) is 7.85. The summed E-state index contributed by atoms with van der Waals surface area (Å²) in [7, 11) is 3.02. The summed E-state index contributed by atoms with van der Waals surface area (Å²) in [5.74, 6) is 0.450. The van der Waals surface area contributed by atoms with Crippen molar-refractivity contribution in [2.24, 2.45) is 0 Å². The summed E-state index contributed by atoms with van der Waals surface area (Å²) in [4.78, 5) is 14.9. The van der Waals surface area contributed by atoms with Gasteiger partial charge < -0.3 is 27.2 Å². The van der Waals surface area contributed by atoms with Crippen molar-refractivity contribution in [3.05, 3.63) is 59.8 Å². The van der Waals surface area contributed by atoms with Crippen LogP contribution in [-0.2, 0) is 4.74 Å². The molecule has 5 nitrogen and oxygen atoms in total. The Morgan fingerprint density at radius 2 is 1.76 bits per heavy atom. The Labute approximate surface area is 152 Å². The number of hydrogen-bond donors (Lipinski definition) is 1. The molecule has 1 heterocycles. The number of pyridine rings is 1. The van der Waals surface area contributed by atoms with E-state index in [2.05, 4.69) is 10.3 Å². The van der Waals surface area contributed by atoms with E-state index in [9.17, 15) is 4.79 Å². The van der Waals surface area contributed by atoms with Gasteiger partial charge in [-0.15, -0.1) is 0 Å². The number of benzene rings is 2. The zero-order valence-corrected chi connectivity index (χ0v) is 15.0. The van der Waals surface area contributed by atoms with Crippen LogP contribution in [0, 0.1) is 6.92 Å². The highest BCUT2D eigenvalue weighted by atomic mass is 35.5. The second-order valence-corrected chi connectivity index (χ2v) is 5.47. The number of H-pyrrole nitrogens is 1. The molecule has 0 aliphatic rings. The van der Waals surface area contributed by atoms with Gasteiger partial charge >= 0.3 is 5.97 Å². The maximum absolute atomic E-state index is 11.5. The van der Waals surface area contributed by atoms with Gasteiger partial charge in [-0.2, -0.15) is 0 Å². The first-order valence-electron chi connectivity index (χ1n) is 7.57. The largest absolute Gasteiger partial charge is 1.00 e. The van der Waals surface area contributed by atoms with Gasteiger partial charge in [0, 0.05) is 24.7 Å². The summed E-state index contributed by atoms with van der Waals surface area (Å²) in [6.45, 7) is 2.01. The number of halogens is 1. The van der Waals surface area contributed by atoms with Crippen molar-refractivity contribution in [1.29, 1.82) is 0 Å². The number of carbonyl (C=O) groups is 1. The van der Waals surface area contributed by atoms with Crippen molar-refractivity contribution in [2.75, 3.05) is 19.5 Å². The molecular formula is C19H19ClN2O3. The molecule has 0 saturated carbocycles. The lowest BCUT2D eigenvalue weighted by Crippen LogP contribution is -3.00. The first-order valence-corrected chi connectivity index (χ1v) is 7.57. The van der Waals surface area contributed by atoms with E-state index in [0.29, 0.717) is 5.56 Å². The highest BCUT2D eigenvalue weighted by molar-refractivity contribution is 5.93. The molecule has 0 unspecified atom stereocenters. The summed E-state index contributed by atoms with van der Waals surface area (Å²) in [5.41, 5.74) is 4.43. The average Bonchev–Trinajstić information content (AvgIpc) is 2.61. The first kappa shape index (κ1) is 18.5. The summed E-state index contributed by atoms with van der Waals surface area (Å²) in [6, 6.07) is 15.1. The van der Waals surface area contributed by atoms with Crippen LogP contribution in [0.4, 0.5) is 11.4 Å². The number of rotatable bonds is 4. The van der Waals surface area contributed by atoms with Gasteiger partial charge in [-0.05, 0) is 36.4 Å². The van der Waals surface area contributed by atoms with E-state index in [1.165, 1.54) is 7.11 Å². The molecule has 130 valence electrons. The fourth-order valence-corrected chi connectivity index (χ4v) is 2.59. The fraction of sp³-hybridized carbons (Fsp3) is 0.158. The van der Waals surface area contributed by atoms with E-state index in [1.54, 1.807) is 19.2 Å². The zero-order chi connectivity index (χ0) is 17.1. The SMILES string of the molecule is COC(=O)c1ccc(Nc2cc(C)[nH+]c3ccc(OC)cc23)cc1.[Cl-]. The maximum Gasteiger partial charge on any atom is 0.337 e. The predicted molar refractivity (Wildman–Crippen MR) is 92.9 cm³/mol. The number of ether oxygens (including phenoxy) is 2. The number of aromatic nitrogens is 1. The second-order valence-electron chi connectivity index (χ2n) is 5.47. The Morgan fingerprint density at radius 1 is 1.04 bits per heavy atom. The normalized spacial score (nSPS) is 10.0. The number of esters is 1. The third-order valence-electron chi connectivity index (χ3n) is 3.79. The highest BCUT2D eigenvalue weighted by Crippen LogP contribution is 2.28. The molecule has 0 saturated heterocycles. The lowest BCUT2D eigenvalue weighted by molar-refractivity contribution is -0.354. The van der Waals surface area contributed by atoms with Crippen LogP contribution < -0.4 is 27.4 Å². The molecule has 2 aromatic carbocycles. The smallest absolute Gasteiger partial charge is 0.337 e. The first-order chi connectivity index (χ1) is 11.6. The standard InChI is InChI=1S/C19H18N2O3.ClH/c1-12-10-18(16-11-15(23-2)8-9-17(16)20-12)21-14-6-4-13(5-7-14)19(22)24-3;/h4-11H,1-3H3,(H,20,21);1H. The number of anilines is 2. The molecule has 0 spiro atoms. The summed E-state index contributed by atoms with van der Waals surface area (Å²) >= 11 is 0. The van der Waals surface area contributed by atoms with E-state index < -0.39 is 0 Å². The van der Waals surface area contributed by atoms with Gasteiger partial charge in [-0.1, -0.05) is 0 Å². The summed E-state index contributed by atoms with van der Waals surface area (Å²) < 4.78 is 10.0. The van der Waals surface area contributed by atoms with E-state index >= 15 is 0 Å². The van der Waals surface area contributed by atoms with E-state index in [0.717, 1.165) is 33.7 Å². The number of carbonyl (C=O) groups excluding carboxylic acids is 1. The quantitative estimate of drug-likeness (QED) is 0.690. The minimum atomic E-state index is -0.345. The van der Waals surface area contributed by atoms with Crippen molar-refractivity contribution in [2.45, 2.75) is 6.92 Å². The van der Waals surface area contributed by atoms with Crippen molar-refractivity contribution < 1.29 is 31.7 Å². The highest BCUT2D eigenvalue weighted by Gasteiger charge is 2.11. The van der Waals surface area contributed by atoms with Crippen LogP contribution in [0.15, 0.2) is 48.5 Å². The van der Waals surface area contributed by atoms with Crippen molar-refractivity contribution in [3.8, 4) is 5.75 Å². The van der Waals surface area contributed by atoms with Gasteiger partial charge in [0.05, 0.1) is 30.9 Å². The molecule has 0 aliphatic heterocycles. The van der Waals surface area contributed by atoms with Gasteiger partial charge in [-0.3, -0.25) is 0 Å². The Kier molecular flexibility index (Phi) is 5.83.